The Morgan fingerprint density at radius 3 is 1.81 bits per heavy atom. The Hall–Kier alpha value is -5.26. The molecule has 1 saturated heterocycles. The SMILES string of the molecule is CCCCN1C(=O)C(=O)C2=CC(=c3c(=O)c(=C4C=c5c(O)c(O)n(CCCC)c5=CC4=NC(=O)C(C)C)c3=O)C(=NC(=O)C(C)C)C=C21. The van der Waals surface area contributed by atoms with E-state index in [1.165, 1.54) is 33.8 Å². The number of fused-ring (bicyclic) bond motifs is 2. The fraction of sp³-hybridized carbons (Fsp3) is 0.389. The Morgan fingerprint density at radius 2 is 1.27 bits per heavy atom. The molecule has 0 spiro atoms. The molecule has 0 saturated carbocycles. The molecule has 12 nitrogen and oxygen atoms in total. The summed E-state index contributed by atoms with van der Waals surface area (Å²) in [4.78, 5) is 89.2. The molecule has 2 aliphatic carbocycles. The molecule has 2 heterocycles. The second kappa shape index (κ2) is 13.1. The third-order valence-electron chi connectivity index (χ3n) is 8.58. The predicted molar refractivity (Wildman–Crippen MR) is 181 cm³/mol. The maximum absolute atomic E-state index is 14.0. The monoisotopic (exact) mass is 654 g/mol. The number of nitrogens with zero attached hydrogens (tertiary/aromatic N) is 4. The lowest BCUT2D eigenvalue weighted by atomic mass is 9.91. The van der Waals surface area contributed by atoms with E-state index in [9.17, 15) is 39.0 Å². The van der Waals surface area contributed by atoms with E-state index < -0.39 is 57.8 Å². The Balaban J connectivity index is 1.84. The second-order valence-electron chi connectivity index (χ2n) is 12.7. The van der Waals surface area contributed by atoms with Gasteiger partial charge in [0, 0.05) is 41.3 Å². The van der Waals surface area contributed by atoms with Gasteiger partial charge in [0.15, 0.2) is 5.75 Å². The lowest BCUT2D eigenvalue weighted by molar-refractivity contribution is -0.138. The Kier molecular flexibility index (Phi) is 9.30. The van der Waals surface area contributed by atoms with E-state index in [4.69, 9.17) is 0 Å². The van der Waals surface area contributed by atoms with Crippen molar-refractivity contribution in [1.29, 1.82) is 0 Å². The Labute approximate surface area is 275 Å². The largest absolute Gasteiger partial charge is 0.503 e. The number of allylic oxidation sites excluding steroid dienone is 3. The number of ketones is 1. The van der Waals surface area contributed by atoms with Crippen LogP contribution in [0.1, 0.15) is 67.2 Å². The van der Waals surface area contributed by atoms with Crippen molar-refractivity contribution >= 4 is 58.2 Å². The fourth-order valence-corrected chi connectivity index (χ4v) is 5.73. The molecule has 0 unspecified atom stereocenters. The lowest BCUT2D eigenvalue weighted by Gasteiger charge is -2.20. The van der Waals surface area contributed by atoms with E-state index >= 15 is 0 Å². The molecular weight excluding hydrogens is 616 g/mol. The first-order chi connectivity index (χ1) is 22.7. The van der Waals surface area contributed by atoms with Crippen molar-refractivity contribution in [1.82, 2.24) is 9.47 Å². The quantitative estimate of drug-likeness (QED) is 0.378. The molecule has 250 valence electrons. The molecule has 3 amide bonds. The summed E-state index contributed by atoms with van der Waals surface area (Å²) in [5.41, 5.74) is -1.37. The molecule has 2 aromatic rings. The maximum atomic E-state index is 14.0. The van der Waals surface area contributed by atoms with Gasteiger partial charge in [-0.2, -0.15) is 0 Å². The molecule has 1 aromatic heterocycles. The first-order valence-electron chi connectivity index (χ1n) is 16.2. The summed E-state index contributed by atoms with van der Waals surface area (Å²) in [6.07, 6.45) is 8.34. The minimum absolute atomic E-state index is 0.00273. The van der Waals surface area contributed by atoms with Crippen LogP contribution in [0.25, 0.3) is 23.3 Å². The number of carbonyl (C=O) groups is 4. The number of hydrogen-bond acceptors (Lipinski definition) is 8. The van der Waals surface area contributed by atoms with E-state index in [0.29, 0.717) is 24.7 Å². The summed E-state index contributed by atoms with van der Waals surface area (Å²) in [5, 5.41) is 21.4. The van der Waals surface area contributed by atoms with Gasteiger partial charge in [-0.15, -0.1) is 0 Å². The first-order valence-corrected chi connectivity index (χ1v) is 16.2. The predicted octanol–water partition coefficient (Wildman–Crippen LogP) is 0.154. The first kappa shape index (κ1) is 34.1. The number of rotatable bonds is 8. The van der Waals surface area contributed by atoms with Crippen LogP contribution in [0.2, 0.25) is 0 Å². The topological polar surface area (TPSA) is 176 Å². The highest BCUT2D eigenvalue weighted by Gasteiger charge is 2.41. The van der Waals surface area contributed by atoms with E-state index in [0.717, 1.165) is 12.8 Å². The van der Waals surface area contributed by atoms with Crippen molar-refractivity contribution in [2.45, 2.75) is 73.8 Å². The third-order valence-corrected chi connectivity index (χ3v) is 8.58. The Bertz CT molecular complexity index is 2220. The third kappa shape index (κ3) is 5.65. The average molecular weight is 655 g/mol. The summed E-state index contributed by atoms with van der Waals surface area (Å²) in [5.74, 6) is -4.46. The van der Waals surface area contributed by atoms with Crippen molar-refractivity contribution in [3.63, 3.8) is 0 Å². The zero-order valence-electron chi connectivity index (χ0n) is 27.8. The van der Waals surface area contributed by atoms with Crippen LogP contribution in [0, 0.1) is 11.8 Å². The van der Waals surface area contributed by atoms with Gasteiger partial charge in [-0.3, -0.25) is 28.8 Å². The van der Waals surface area contributed by atoms with Crippen molar-refractivity contribution in [2.24, 2.45) is 21.8 Å². The standard InChI is InChI=1S/C36H38N4O8/c1-7-9-11-39-25-15-23(37-33(45)17(3)4)19(13-21(25)29(41)35(39)47)27-31(43)28(32(27)44)20-14-22-26(16-24(20)38-34(46)18(5)6)40(12-10-8-2)36(48)30(22)42/h13-18,41,47H,7-12H2,1-6H3. The van der Waals surface area contributed by atoms with Gasteiger partial charge in [-0.1, -0.05) is 54.4 Å². The van der Waals surface area contributed by atoms with Gasteiger partial charge < -0.3 is 19.7 Å². The molecule has 48 heavy (non-hydrogen) atoms. The molecule has 2 N–H and O–H groups in total. The summed E-state index contributed by atoms with van der Waals surface area (Å²) >= 11 is 0. The van der Waals surface area contributed by atoms with Crippen LogP contribution in [0.15, 0.2) is 43.0 Å². The van der Waals surface area contributed by atoms with Gasteiger partial charge in [0.2, 0.25) is 28.6 Å². The van der Waals surface area contributed by atoms with Crippen LogP contribution in [0.4, 0.5) is 0 Å². The summed E-state index contributed by atoms with van der Waals surface area (Å²) < 4.78 is 1.48. The molecule has 3 aliphatic rings. The molecule has 0 bridgehead atoms. The average Bonchev–Trinajstić information content (AvgIpc) is 3.41. The van der Waals surface area contributed by atoms with Crippen LogP contribution in [-0.4, -0.2) is 61.2 Å². The zero-order valence-corrected chi connectivity index (χ0v) is 27.8. The molecule has 0 radical (unpaired) electrons. The molecule has 0 atom stereocenters. The second-order valence-corrected chi connectivity index (χ2v) is 12.7. The van der Waals surface area contributed by atoms with Gasteiger partial charge >= 0.3 is 0 Å². The summed E-state index contributed by atoms with van der Waals surface area (Å²) in [6.45, 7) is 11.1. The molecule has 12 heteroatoms. The van der Waals surface area contributed by atoms with E-state index in [1.807, 2.05) is 13.8 Å². The number of aromatic hydroxyl groups is 2. The molecule has 1 aliphatic heterocycles. The van der Waals surface area contributed by atoms with E-state index in [1.54, 1.807) is 27.7 Å². The van der Waals surface area contributed by atoms with Gasteiger partial charge in [-0.05, 0) is 37.1 Å². The van der Waals surface area contributed by atoms with E-state index in [-0.39, 0.29) is 56.0 Å². The van der Waals surface area contributed by atoms with Gasteiger partial charge in [0.1, 0.15) is 0 Å². The van der Waals surface area contributed by atoms with Crippen LogP contribution in [0.5, 0.6) is 11.6 Å². The molecular formula is C36H38N4O8. The van der Waals surface area contributed by atoms with E-state index in [2.05, 4.69) is 9.98 Å². The van der Waals surface area contributed by atoms with Gasteiger partial charge in [0.05, 0.1) is 38.5 Å². The maximum Gasteiger partial charge on any atom is 0.299 e. The summed E-state index contributed by atoms with van der Waals surface area (Å²) in [7, 11) is 0. The van der Waals surface area contributed by atoms with Crippen LogP contribution >= 0.6 is 0 Å². The zero-order chi connectivity index (χ0) is 35.2. The van der Waals surface area contributed by atoms with Crippen LogP contribution in [-0.2, 0) is 25.7 Å². The van der Waals surface area contributed by atoms with Gasteiger partial charge in [-0.25, -0.2) is 9.98 Å². The number of aliphatic imine (C=N–C) groups is 2. The molecule has 1 fully saturated rings. The molecule has 5 rings (SSSR count). The lowest BCUT2D eigenvalue weighted by Crippen LogP contribution is -2.67. The van der Waals surface area contributed by atoms with Crippen molar-refractivity contribution in [3.8, 4) is 11.6 Å². The van der Waals surface area contributed by atoms with Crippen LogP contribution in [0.3, 0.4) is 0 Å². The number of amides is 3. The number of aromatic nitrogens is 1. The van der Waals surface area contributed by atoms with Crippen LogP contribution < -0.4 is 31.9 Å². The number of likely N-dealkylation sites (tertiary alicyclic amines) is 1. The van der Waals surface area contributed by atoms with Gasteiger partial charge in [0.25, 0.3) is 11.7 Å². The minimum Gasteiger partial charge on any atom is -0.503 e. The number of unbranched alkanes of at least 4 members (excludes halogenated alkanes) is 2. The molecule has 1 aromatic carbocycles. The highest BCUT2D eigenvalue weighted by molar-refractivity contribution is 6.49. The normalized spacial score (nSPS) is 17.7. The fourth-order valence-electron chi connectivity index (χ4n) is 5.73. The van der Waals surface area contributed by atoms with Crippen molar-refractivity contribution < 1.29 is 29.4 Å². The minimum atomic E-state index is -0.797. The summed E-state index contributed by atoms with van der Waals surface area (Å²) in [6, 6.07) is 0. The smallest absolute Gasteiger partial charge is 0.299 e. The number of carbonyl (C=O) groups excluding carboxylic acids is 4. The Morgan fingerprint density at radius 1 is 0.750 bits per heavy atom. The number of Topliss-reactive ketones (excluding diaryl/α,β-unsaturated/α-hetero) is 1. The number of hydrogen-bond donors (Lipinski definition) is 2. The van der Waals surface area contributed by atoms with Crippen molar-refractivity contribution in [2.75, 3.05) is 6.54 Å². The highest BCUT2D eigenvalue weighted by Crippen LogP contribution is 2.32. The highest BCUT2D eigenvalue weighted by atomic mass is 16.3. The van der Waals surface area contributed by atoms with Crippen molar-refractivity contribution in [3.05, 3.63) is 64.9 Å².